The van der Waals surface area contributed by atoms with Gasteiger partial charge in [-0.3, -0.25) is 10.1 Å². The lowest BCUT2D eigenvalue weighted by Gasteiger charge is -2.56. The van der Waals surface area contributed by atoms with Crippen LogP contribution in [0.4, 0.5) is 4.79 Å². The number of benzene rings is 1. The smallest absolute Gasteiger partial charge is 0.318 e. The standard InChI is InChI=1S/C24H35N3O3/c1-15-4-8-19(30-3)12-21(15)24-10-11-27(14-17-5-6-17)16(2)20(24)9-7-18(13-24)22(28)26-23(25)29/h4,8,12,16-18,20H,5-7,9-11,13-14H2,1-3H3,(H3,25,26,28,29). The monoisotopic (exact) mass is 413 g/mol. The number of imide groups is 1. The minimum atomic E-state index is -0.763. The average molecular weight is 414 g/mol. The third kappa shape index (κ3) is 3.94. The number of likely N-dealkylation sites (tertiary alicyclic amines) is 1. The molecule has 0 bridgehead atoms. The molecule has 3 amide bonds. The summed E-state index contributed by atoms with van der Waals surface area (Å²) in [7, 11) is 1.70. The van der Waals surface area contributed by atoms with Gasteiger partial charge in [0.25, 0.3) is 0 Å². The summed E-state index contributed by atoms with van der Waals surface area (Å²) in [4.78, 5) is 26.7. The number of nitrogens with two attached hydrogens (primary N) is 1. The summed E-state index contributed by atoms with van der Waals surface area (Å²) < 4.78 is 5.56. The van der Waals surface area contributed by atoms with E-state index in [2.05, 4.69) is 36.2 Å². The van der Waals surface area contributed by atoms with E-state index < -0.39 is 6.03 Å². The molecule has 164 valence electrons. The molecule has 0 aromatic heterocycles. The Morgan fingerprint density at radius 2 is 2.03 bits per heavy atom. The van der Waals surface area contributed by atoms with Gasteiger partial charge in [-0.15, -0.1) is 0 Å². The third-order valence-electron chi connectivity index (χ3n) is 7.94. The SMILES string of the molecule is COc1ccc(C)c(C23CCN(CC4CC4)C(C)C2CCC(C(=O)NC(N)=O)C3)c1. The van der Waals surface area contributed by atoms with Crippen molar-refractivity contribution in [2.45, 2.75) is 63.8 Å². The number of urea groups is 1. The van der Waals surface area contributed by atoms with Gasteiger partial charge in [0, 0.05) is 23.9 Å². The van der Waals surface area contributed by atoms with Crippen molar-refractivity contribution in [3.8, 4) is 5.75 Å². The molecule has 3 fully saturated rings. The molecule has 30 heavy (non-hydrogen) atoms. The normalized spacial score (nSPS) is 31.6. The molecule has 2 saturated carbocycles. The quantitative estimate of drug-likeness (QED) is 0.775. The Kier molecular flexibility index (Phi) is 5.80. The minimum Gasteiger partial charge on any atom is -0.497 e. The van der Waals surface area contributed by atoms with Crippen LogP contribution in [0.15, 0.2) is 18.2 Å². The summed E-state index contributed by atoms with van der Waals surface area (Å²) >= 11 is 0. The highest BCUT2D eigenvalue weighted by Crippen LogP contribution is 2.54. The van der Waals surface area contributed by atoms with E-state index in [9.17, 15) is 9.59 Å². The second-order valence-electron chi connectivity index (χ2n) is 9.70. The number of nitrogens with one attached hydrogen (secondary N) is 1. The Hall–Kier alpha value is -2.08. The Morgan fingerprint density at radius 3 is 2.70 bits per heavy atom. The topological polar surface area (TPSA) is 84.7 Å². The zero-order valence-corrected chi connectivity index (χ0v) is 18.4. The van der Waals surface area contributed by atoms with Gasteiger partial charge in [0.05, 0.1) is 7.11 Å². The summed E-state index contributed by atoms with van der Waals surface area (Å²) in [6.45, 7) is 6.79. The number of fused-ring (bicyclic) bond motifs is 1. The Morgan fingerprint density at radius 1 is 1.27 bits per heavy atom. The highest BCUT2D eigenvalue weighted by atomic mass is 16.5. The predicted octanol–water partition coefficient (Wildman–Crippen LogP) is 3.36. The van der Waals surface area contributed by atoms with Crippen LogP contribution in [0.1, 0.15) is 56.6 Å². The minimum absolute atomic E-state index is 0.0873. The summed E-state index contributed by atoms with van der Waals surface area (Å²) in [6.07, 6.45) is 6.30. The van der Waals surface area contributed by atoms with Crippen LogP contribution in [0.3, 0.4) is 0 Å². The molecule has 1 heterocycles. The van der Waals surface area contributed by atoms with Crippen molar-refractivity contribution >= 4 is 11.9 Å². The predicted molar refractivity (Wildman–Crippen MR) is 116 cm³/mol. The van der Waals surface area contributed by atoms with Gasteiger partial charge in [-0.2, -0.15) is 0 Å². The molecule has 4 atom stereocenters. The van der Waals surface area contributed by atoms with Crippen LogP contribution in [0.25, 0.3) is 0 Å². The molecule has 4 unspecified atom stereocenters. The van der Waals surface area contributed by atoms with E-state index in [1.807, 2.05) is 6.07 Å². The lowest BCUT2D eigenvalue weighted by atomic mass is 9.54. The summed E-state index contributed by atoms with van der Waals surface area (Å²) in [5.41, 5.74) is 7.71. The second-order valence-corrected chi connectivity index (χ2v) is 9.70. The fourth-order valence-corrected chi connectivity index (χ4v) is 6.19. The van der Waals surface area contributed by atoms with Crippen LogP contribution in [0.2, 0.25) is 0 Å². The van der Waals surface area contributed by atoms with Gasteiger partial charge in [-0.05, 0) is 94.0 Å². The van der Waals surface area contributed by atoms with Gasteiger partial charge in [0.15, 0.2) is 0 Å². The number of hydrogen-bond donors (Lipinski definition) is 2. The first-order valence-corrected chi connectivity index (χ1v) is 11.3. The molecule has 3 N–H and O–H groups in total. The first-order chi connectivity index (χ1) is 14.3. The van der Waals surface area contributed by atoms with E-state index in [0.29, 0.717) is 12.0 Å². The number of amides is 3. The van der Waals surface area contributed by atoms with E-state index >= 15 is 0 Å². The summed E-state index contributed by atoms with van der Waals surface area (Å²) in [6, 6.07) is 6.04. The lowest BCUT2D eigenvalue weighted by Crippen LogP contribution is -2.59. The molecule has 1 aromatic carbocycles. The molecule has 3 aliphatic rings. The van der Waals surface area contributed by atoms with Crippen molar-refractivity contribution in [2.24, 2.45) is 23.5 Å². The molecule has 0 spiro atoms. The number of methoxy groups -OCH3 is 1. The van der Waals surface area contributed by atoms with Crippen molar-refractivity contribution in [1.29, 1.82) is 0 Å². The number of piperidine rings is 1. The highest BCUT2D eigenvalue weighted by Gasteiger charge is 2.53. The number of rotatable bonds is 5. The average Bonchev–Trinajstić information content (AvgIpc) is 3.54. The molecule has 0 radical (unpaired) electrons. The van der Waals surface area contributed by atoms with Gasteiger partial charge >= 0.3 is 6.03 Å². The number of primary amides is 1. The van der Waals surface area contributed by atoms with Crippen LogP contribution in [0.5, 0.6) is 5.75 Å². The Labute approximate surface area is 179 Å². The molecule has 1 aliphatic heterocycles. The molecular formula is C24H35N3O3. The molecule has 1 saturated heterocycles. The third-order valence-corrected chi connectivity index (χ3v) is 7.94. The molecular weight excluding hydrogens is 378 g/mol. The first kappa shape index (κ1) is 21.2. The molecule has 1 aromatic rings. The summed E-state index contributed by atoms with van der Waals surface area (Å²) in [5.74, 6) is 1.79. The van der Waals surface area contributed by atoms with E-state index in [0.717, 1.165) is 43.9 Å². The molecule has 6 nitrogen and oxygen atoms in total. The number of hydrogen-bond acceptors (Lipinski definition) is 4. The Balaban J connectivity index is 1.69. The van der Waals surface area contributed by atoms with Crippen molar-refractivity contribution in [3.05, 3.63) is 29.3 Å². The zero-order chi connectivity index (χ0) is 21.5. The fourth-order valence-electron chi connectivity index (χ4n) is 6.19. The van der Waals surface area contributed by atoms with Gasteiger partial charge in [-0.25, -0.2) is 4.79 Å². The van der Waals surface area contributed by atoms with Crippen LogP contribution in [0, 0.1) is 24.7 Å². The highest BCUT2D eigenvalue weighted by molar-refractivity contribution is 5.94. The lowest BCUT2D eigenvalue weighted by molar-refractivity contribution is -0.127. The van der Waals surface area contributed by atoms with E-state index in [1.165, 1.54) is 30.5 Å². The van der Waals surface area contributed by atoms with Crippen molar-refractivity contribution in [1.82, 2.24) is 10.2 Å². The van der Waals surface area contributed by atoms with Gasteiger partial charge in [-0.1, -0.05) is 6.07 Å². The van der Waals surface area contributed by atoms with Crippen molar-refractivity contribution in [2.75, 3.05) is 20.2 Å². The van der Waals surface area contributed by atoms with Gasteiger partial charge in [0.1, 0.15) is 5.75 Å². The Bertz CT molecular complexity index is 822. The van der Waals surface area contributed by atoms with Crippen LogP contribution < -0.4 is 15.8 Å². The largest absolute Gasteiger partial charge is 0.497 e. The van der Waals surface area contributed by atoms with Crippen LogP contribution in [-0.2, 0) is 10.2 Å². The molecule has 6 heteroatoms. The molecule has 4 rings (SSSR count). The van der Waals surface area contributed by atoms with E-state index in [-0.39, 0.29) is 17.2 Å². The molecule has 2 aliphatic carbocycles. The zero-order valence-electron chi connectivity index (χ0n) is 18.4. The first-order valence-electron chi connectivity index (χ1n) is 11.3. The number of ether oxygens (including phenoxy) is 1. The maximum Gasteiger partial charge on any atom is 0.318 e. The van der Waals surface area contributed by atoms with Gasteiger partial charge < -0.3 is 15.4 Å². The second kappa shape index (κ2) is 8.22. The van der Waals surface area contributed by atoms with Gasteiger partial charge in [0.2, 0.25) is 5.91 Å². The van der Waals surface area contributed by atoms with Crippen LogP contribution in [-0.4, -0.2) is 43.1 Å². The maximum atomic E-state index is 12.7. The van der Waals surface area contributed by atoms with E-state index in [4.69, 9.17) is 10.5 Å². The van der Waals surface area contributed by atoms with Crippen LogP contribution >= 0.6 is 0 Å². The number of carbonyl (C=O) groups excluding carboxylic acids is 2. The maximum absolute atomic E-state index is 12.7. The number of nitrogens with zero attached hydrogens (tertiary/aromatic N) is 1. The number of aryl methyl sites for hydroxylation is 1. The van der Waals surface area contributed by atoms with Crippen molar-refractivity contribution in [3.63, 3.8) is 0 Å². The van der Waals surface area contributed by atoms with E-state index in [1.54, 1.807) is 7.11 Å². The number of carbonyl (C=O) groups is 2. The fraction of sp³-hybridized carbons (Fsp3) is 0.667. The summed E-state index contributed by atoms with van der Waals surface area (Å²) in [5, 5.41) is 2.33. The van der Waals surface area contributed by atoms with Crippen molar-refractivity contribution < 1.29 is 14.3 Å².